The van der Waals surface area contributed by atoms with E-state index in [1.807, 2.05) is 42.5 Å². The van der Waals surface area contributed by atoms with E-state index in [0.29, 0.717) is 42.0 Å². The number of benzene rings is 2. The third-order valence-corrected chi connectivity index (χ3v) is 4.26. The van der Waals surface area contributed by atoms with Gasteiger partial charge in [0, 0.05) is 25.2 Å². The highest BCUT2D eigenvalue weighted by atomic mass is 16.5. The van der Waals surface area contributed by atoms with Crippen LogP contribution in [0.5, 0.6) is 17.2 Å². The molecule has 28 heavy (non-hydrogen) atoms. The number of anilines is 2. The molecule has 0 atom stereocenters. The topological polar surface area (TPSA) is 91.5 Å². The quantitative estimate of drug-likeness (QED) is 0.619. The van der Waals surface area contributed by atoms with E-state index >= 15 is 0 Å². The first kappa shape index (κ1) is 19.3. The number of aromatic nitrogens is 2. The predicted octanol–water partition coefficient (Wildman–Crippen LogP) is 3.29. The maximum absolute atomic E-state index is 6.05. The van der Waals surface area contributed by atoms with Crippen LogP contribution in [0.15, 0.2) is 48.7 Å². The first-order chi connectivity index (χ1) is 13.6. The zero-order valence-electron chi connectivity index (χ0n) is 16.2. The summed E-state index contributed by atoms with van der Waals surface area (Å²) in [5.74, 6) is 2.67. The van der Waals surface area contributed by atoms with E-state index in [9.17, 15) is 0 Å². The Hall–Kier alpha value is -3.48. The van der Waals surface area contributed by atoms with Crippen LogP contribution in [0.25, 0.3) is 0 Å². The Balaban J connectivity index is 1.86. The first-order valence-corrected chi connectivity index (χ1v) is 8.85. The van der Waals surface area contributed by atoms with E-state index in [2.05, 4.69) is 15.3 Å². The average Bonchev–Trinajstić information content (AvgIpc) is 2.74. The van der Waals surface area contributed by atoms with Crippen molar-refractivity contribution < 1.29 is 14.2 Å². The summed E-state index contributed by atoms with van der Waals surface area (Å²) < 4.78 is 17.1. The summed E-state index contributed by atoms with van der Waals surface area (Å²) in [6.45, 7) is 0.416. The molecule has 0 amide bonds. The fourth-order valence-electron chi connectivity index (χ4n) is 2.80. The van der Waals surface area contributed by atoms with E-state index in [1.165, 1.54) is 0 Å². The number of nitrogens with one attached hydrogen (secondary N) is 1. The summed E-state index contributed by atoms with van der Waals surface area (Å²) >= 11 is 0. The standard InChI is InChI=1S/C21H24N4O3/c1-23-21-24-12-16(20(22)25-21)9-15-10-17(26-2)19(18(11-15)27-3)28-13-14-7-5-4-6-8-14/h4-8,10-12H,9,13H2,1-3H3,(H3,22,23,24,25). The molecule has 146 valence electrons. The molecular weight excluding hydrogens is 356 g/mol. The number of hydrogen-bond acceptors (Lipinski definition) is 7. The largest absolute Gasteiger partial charge is 0.493 e. The van der Waals surface area contributed by atoms with Gasteiger partial charge in [-0.15, -0.1) is 0 Å². The second-order valence-corrected chi connectivity index (χ2v) is 6.13. The molecule has 3 aromatic rings. The lowest BCUT2D eigenvalue weighted by molar-refractivity contribution is 0.265. The monoisotopic (exact) mass is 380 g/mol. The molecule has 0 aliphatic rings. The Morgan fingerprint density at radius 3 is 2.25 bits per heavy atom. The maximum Gasteiger partial charge on any atom is 0.224 e. The summed E-state index contributed by atoms with van der Waals surface area (Å²) in [7, 11) is 4.96. The summed E-state index contributed by atoms with van der Waals surface area (Å²) in [6, 6.07) is 13.8. The van der Waals surface area contributed by atoms with Crippen LogP contribution in [0.3, 0.4) is 0 Å². The van der Waals surface area contributed by atoms with Crippen molar-refractivity contribution in [3.05, 3.63) is 65.4 Å². The number of nitrogens with zero attached hydrogens (tertiary/aromatic N) is 2. The summed E-state index contributed by atoms with van der Waals surface area (Å²) in [6.07, 6.45) is 2.26. The number of nitrogen functional groups attached to an aromatic ring is 1. The zero-order chi connectivity index (χ0) is 19.9. The molecule has 1 heterocycles. The molecule has 7 nitrogen and oxygen atoms in total. The van der Waals surface area contributed by atoms with Gasteiger partial charge in [0.25, 0.3) is 0 Å². The van der Waals surface area contributed by atoms with Crippen LogP contribution in [0, 0.1) is 0 Å². The van der Waals surface area contributed by atoms with Gasteiger partial charge in [0.1, 0.15) is 12.4 Å². The first-order valence-electron chi connectivity index (χ1n) is 8.85. The molecular formula is C21H24N4O3. The highest BCUT2D eigenvalue weighted by molar-refractivity contribution is 5.55. The lowest BCUT2D eigenvalue weighted by atomic mass is 10.1. The Morgan fingerprint density at radius 1 is 1.00 bits per heavy atom. The normalized spacial score (nSPS) is 10.4. The van der Waals surface area contributed by atoms with Crippen LogP contribution >= 0.6 is 0 Å². The van der Waals surface area contributed by atoms with Crippen molar-refractivity contribution in [3.8, 4) is 17.2 Å². The highest BCUT2D eigenvalue weighted by Crippen LogP contribution is 2.39. The van der Waals surface area contributed by atoms with Gasteiger partial charge in [0.15, 0.2) is 11.5 Å². The number of ether oxygens (including phenoxy) is 3. The lowest BCUT2D eigenvalue weighted by Gasteiger charge is -2.16. The van der Waals surface area contributed by atoms with E-state index < -0.39 is 0 Å². The molecule has 0 aliphatic carbocycles. The molecule has 2 aromatic carbocycles. The molecule has 1 aromatic heterocycles. The van der Waals surface area contributed by atoms with Gasteiger partial charge >= 0.3 is 0 Å². The van der Waals surface area contributed by atoms with E-state index in [4.69, 9.17) is 19.9 Å². The van der Waals surface area contributed by atoms with E-state index in [-0.39, 0.29) is 0 Å². The third kappa shape index (κ3) is 4.43. The summed E-state index contributed by atoms with van der Waals surface area (Å²) in [5.41, 5.74) is 8.88. The minimum atomic E-state index is 0.416. The fourth-order valence-corrected chi connectivity index (χ4v) is 2.80. The van der Waals surface area contributed by atoms with Crippen molar-refractivity contribution in [2.75, 3.05) is 32.3 Å². The molecule has 0 saturated heterocycles. The molecule has 0 unspecified atom stereocenters. The highest BCUT2D eigenvalue weighted by Gasteiger charge is 2.16. The summed E-state index contributed by atoms with van der Waals surface area (Å²) in [5, 5.41) is 2.87. The van der Waals surface area contributed by atoms with Gasteiger partial charge < -0.3 is 25.3 Å². The second kappa shape index (κ2) is 8.94. The van der Waals surface area contributed by atoms with Gasteiger partial charge in [-0.25, -0.2) is 4.98 Å². The van der Waals surface area contributed by atoms with Crippen molar-refractivity contribution >= 4 is 11.8 Å². The zero-order valence-corrected chi connectivity index (χ0v) is 16.2. The Bertz CT molecular complexity index is 907. The van der Waals surface area contributed by atoms with Crippen LogP contribution < -0.4 is 25.3 Å². The van der Waals surface area contributed by atoms with Gasteiger partial charge in [-0.2, -0.15) is 4.98 Å². The predicted molar refractivity (Wildman–Crippen MR) is 109 cm³/mol. The van der Waals surface area contributed by atoms with Crippen molar-refractivity contribution in [2.45, 2.75) is 13.0 Å². The van der Waals surface area contributed by atoms with Crippen molar-refractivity contribution in [3.63, 3.8) is 0 Å². The van der Waals surface area contributed by atoms with Crippen LogP contribution in [-0.4, -0.2) is 31.2 Å². The van der Waals surface area contributed by atoms with Gasteiger partial charge in [-0.3, -0.25) is 0 Å². The molecule has 3 N–H and O–H groups in total. The van der Waals surface area contributed by atoms with Gasteiger partial charge in [0.05, 0.1) is 14.2 Å². The molecule has 0 aliphatic heterocycles. The Morgan fingerprint density at radius 2 is 1.68 bits per heavy atom. The maximum atomic E-state index is 6.05. The van der Waals surface area contributed by atoms with Gasteiger partial charge in [0.2, 0.25) is 11.7 Å². The number of methoxy groups -OCH3 is 2. The second-order valence-electron chi connectivity index (χ2n) is 6.13. The molecule has 0 spiro atoms. The van der Waals surface area contributed by atoms with Crippen molar-refractivity contribution in [1.29, 1.82) is 0 Å². The molecule has 0 bridgehead atoms. The van der Waals surface area contributed by atoms with Crippen molar-refractivity contribution in [2.24, 2.45) is 0 Å². The molecule has 0 radical (unpaired) electrons. The third-order valence-electron chi connectivity index (χ3n) is 4.26. The number of hydrogen-bond donors (Lipinski definition) is 2. The molecule has 7 heteroatoms. The molecule has 3 rings (SSSR count). The van der Waals surface area contributed by atoms with Crippen LogP contribution in [-0.2, 0) is 13.0 Å². The van der Waals surface area contributed by atoms with Gasteiger partial charge in [-0.1, -0.05) is 30.3 Å². The van der Waals surface area contributed by atoms with Gasteiger partial charge in [-0.05, 0) is 23.3 Å². The van der Waals surface area contributed by atoms with Crippen LogP contribution in [0.4, 0.5) is 11.8 Å². The SMILES string of the molecule is CNc1ncc(Cc2cc(OC)c(OCc3ccccc3)c(OC)c2)c(N)n1. The number of rotatable bonds is 8. The Labute approximate surface area is 164 Å². The van der Waals surface area contributed by atoms with Crippen molar-refractivity contribution in [1.82, 2.24) is 9.97 Å². The van der Waals surface area contributed by atoms with Crippen LogP contribution in [0.1, 0.15) is 16.7 Å². The minimum absolute atomic E-state index is 0.416. The molecule has 0 saturated carbocycles. The smallest absolute Gasteiger partial charge is 0.224 e. The number of nitrogens with two attached hydrogens (primary N) is 1. The lowest BCUT2D eigenvalue weighted by Crippen LogP contribution is -2.05. The van der Waals surface area contributed by atoms with E-state index in [0.717, 1.165) is 16.7 Å². The molecule has 0 fully saturated rings. The van der Waals surface area contributed by atoms with Crippen LogP contribution in [0.2, 0.25) is 0 Å². The van der Waals surface area contributed by atoms with E-state index in [1.54, 1.807) is 27.5 Å². The Kier molecular flexibility index (Phi) is 6.16. The minimum Gasteiger partial charge on any atom is -0.493 e. The average molecular weight is 380 g/mol. The fraction of sp³-hybridized carbons (Fsp3) is 0.238. The summed E-state index contributed by atoms with van der Waals surface area (Å²) in [4.78, 5) is 8.45.